The van der Waals surface area contributed by atoms with Crippen molar-refractivity contribution < 1.29 is 4.79 Å². The molecule has 1 fully saturated rings. The Morgan fingerprint density at radius 3 is 1.62 bits per heavy atom. The van der Waals surface area contributed by atoms with Gasteiger partial charge in [-0.05, 0) is 26.7 Å². The van der Waals surface area contributed by atoms with Gasteiger partial charge in [-0.15, -0.1) is 0 Å². The van der Waals surface area contributed by atoms with Crippen LogP contribution in [0.25, 0.3) is 0 Å². The Morgan fingerprint density at radius 2 is 1.23 bits per heavy atom. The van der Waals surface area contributed by atoms with Gasteiger partial charge in [0.15, 0.2) is 0 Å². The van der Waals surface area contributed by atoms with Crippen molar-refractivity contribution in [2.24, 2.45) is 0 Å². The van der Waals surface area contributed by atoms with Gasteiger partial charge in [0.25, 0.3) is 0 Å². The lowest BCUT2D eigenvalue weighted by atomic mass is 9.95. The molecule has 1 rings (SSSR count). The summed E-state index contributed by atoms with van der Waals surface area (Å²) < 4.78 is 0. The molecule has 0 radical (unpaired) electrons. The van der Waals surface area contributed by atoms with Crippen molar-refractivity contribution in [3.05, 3.63) is 0 Å². The number of carbonyl (C=O) groups is 1. The highest BCUT2D eigenvalue weighted by Gasteiger charge is 2.34. The quantitative estimate of drug-likeness (QED) is 0.372. The number of rotatable bonds is 13. The van der Waals surface area contributed by atoms with E-state index in [0.717, 1.165) is 13.1 Å². The molecular formula is C23H46N2O. The molecule has 3 nitrogen and oxygen atoms in total. The van der Waals surface area contributed by atoms with E-state index in [1.165, 1.54) is 77.0 Å². The summed E-state index contributed by atoms with van der Waals surface area (Å²) in [6.07, 6.45) is 16.4. The summed E-state index contributed by atoms with van der Waals surface area (Å²) in [7, 11) is 0. The Morgan fingerprint density at radius 1 is 0.808 bits per heavy atom. The molecular weight excluding hydrogens is 320 g/mol. The van der Waals surface area contributed by atoms with Crippen LogP contribution in [0.2, 0.25) is 0 Å². The van der Waals surface area contributed by atoms with Gasteiger partial charge in [-0.2, -0.15) is 0 Å². The van der Waals surface area contributed by atoms with E-state index in [1.807, 2.05) is 4.90 Å². The van der Waals surface area contributed by atoms with Gasteiger partial charge in [-0.3, -0.25) is 9.69 Å². The minimum atomic E-state index is 0.235. The molecule has 3 heteroatoms. The molecule has 0 aromatic rings. The van der Waals surface area contributed by atoms with Gasteiger partial charge in [0, 0.05) is 38.1 Å². The van der Waals surface area contributed by atoms with Crippen LogP contribution >= 0.6 is 0 Å². The van der Waals surface area contributed by atoms with Gasteiger partial charge in [-0.1, -0.05) is 78.1 Å². The highest BCUT2D eigenvalue weighted by atomic mass is 16.2. The van der Waals surface area contributed by atoms with Gasteiger partial charge < -0.3 is 4.90 Å². The summed E-state index contributed by atoms with van der Waals surface area (Å²) in [5.41, 5.74) is 0. The largest absolute Gasteiger partial charge is 0.340 e. The predicted octanol–water partition coefficient (Wildman–Crippen LogP) is 6.02. The zero-order chi connectivity index (χ0) is 19.4. The third kappa shape index (κ3) is 8.41. The molecule has 0 unspecified atom stereocenters. The van der Waals surface area contributed by atoms with Crippen LogP contribution in [0.4, 0.5) is 0 Å². The van der Waals surface area contributed by atoms with Crippen LogP contribution in [0.15, 0.2) is 0 Å². The number of nitrogens with zero attached hydrogens (tertiary/aromatic N) is 2. The predicted molar refractivity (Wildman–Crippen MR) is 114 cm³/mol. The monoisotopic (exact) mass is 366 g/mol. The zero-order valence-corrected chi connectivity index (χ0v) is 18.4. The average molecular weight is 367 g/mol. The molecule has 1 amide bonds. The van der Waals surface area contributed by atoms with Crippen LogP contribution in [-0.4, -0.2) is 46.9 Å². The zero-order valence-electron chi connectivity index (χ0n) is 18.4. The maximum absolute atomic E-state index is 11.8. The van der Waals surface area contributed by atoms with E-state index in [-0.39, 0.29) is 5.91 Å². The first-order valence-electron chi connectivity index (χ1n) is 11.5. The van der Waals surface area contributed by atoms with Crippen molar-refractivity contribution in [1.82, 2.24) is 9.80 Å². The first-order chi connectivity index (χ1) is 12.5. The maximum Gasteiger partial charge on any atom is 0.219 e. The van der Waals surface area contributed by atoms with Crippen molar-refractivity contribution in [3.63, 3.8) is 0 Å². The van der Waals surface area contributed by atoms with Crippen LogP contribution in [0.3, 0.4) is 0 Å². The Bertz CT molecular complexity index is 345. The number of unbranched alkanes of at least 4 members (excludes halogenated alkanes) is 8. The minimum absolute atomic E-state index is 0.235. The molecule has 1 aliphatic rings. The molecule has 0 N–H and O–H groups in total. The van der Waals surface area contributed by atoms with Crippen molar-refractivity contribution in [1.29, 1.82) is 0 Å². The number of hydrogen-bond acceptors (Lipinski definition) is 2. The smallest absolute Gasteiger partial charge is 0.219 e. The normalized spacial score (nSPS) is 21.5. The highest BCUT2D eigenvalue weighted by molar-refractivity contribution is 5.73. The minimum Gasteiger partial charge on any atom is -0.340 e. The molecule has 0 spiro atoms. The Hall–Kier alpha value is -0.570. The van der Waals surface area contributed by atoms with Gasteiger partial charge >= 0.3 is 0 Å². The summed E-state index contributed by atoms with van der Waals surface area (Å²) in [4.78, 5) is 16.6. The van der Waals surface area contributed by atoms with Gasteiger partial charge in [0.2, 0.25) is 5.91 Å². The Balaban J connectivity index is 2.58. The molecule has 0 saturated carbocycles. The lowest BCUT2D eigenvalue weighted by molar-refractivity contribution is -0.134. The summed E-state index contributed by atoms with van der Waals surface area (Å²) in [5, 5.41) is 0. The number of amides is 1. The Labute approximate surface area is 163 Å². The summed E-state index contributed by atoms with van der Waals surface area (Å²) in [6.45, 7) is 12.8. The first kappa shape index (κ1) is 23.5. The van der Waals surface area contributed by atoms with E-state index in [4.69, 9.17) is 0 Å². The maximum atomic E-state index is 11.8. The lowest BCUT2D eigenvalue weighted by Crippen LogP contribution is -2.60. The van der Waals surface area contributed by atoms with E-state index in [2.05, 4.69) is 32.6 Å². The molecule has 0 aromatic carbocycles. The van der Waals surface area contributed by atoms with E-state index < -0.39 is 0 Å². The van der Waals surface area contributed by atoms with Crippen LogP contribution < -0.4 is 0 Å². The third-order valence-electron chi connectivity index (χ3n) is 6.14. The standard InChI is InChI=1S/C23H46N2O/c1-6-8-10-12-14-16-23(17-15-13-11-9-7-2)25-20(3)18-24(22(5)26)19-21(25)4/h20-21,23H,6-19H2,1-5H3/t20-,21+. The summed E-state index contributed by atoms with van der Waals surface area (Å²) in [5.74, 6) is 0.235. The van der Waals surface area contributed by atoms with Gasteiger partial charge in [0.1, 0.15) is 0 Å². The second-order valence-electron chi connectivity index (χ2n) is 8.63. The fraction of sp³-hybridized carbons (Fsp3) is 0.957. The number of hydrogen-bond donors (Lipinski definition) is 0. The summed E-state index contributed by atoms with van der Waals surface area (Å²) >= 11 is 0. The molecule has 0 bridgehead atoms. The van der Waals surface area contributed by atoms with Crippen molar-refractivity contribution >= 4 is 5.91 Å². The fourth-order valence-corrected chi connectivity index (χ4v) is 4.72. The number of piperazine rings is 1. The number of carbonyl (C=O) groups excluding carboxylic acids is 1. The highest BCUT2D eigenvalue weighted by Crippen LogP contribution is 2.26. The first-order valence-corrected chi connectivity index (χ1v) is 11.5. The molecule has 2 atom stereocenters. The van der Waals surface area contributed by atoms with Crippen LogP contribution in [0.5, 0.6) is 0 Å². The average Bonchev–Trinajstić information content (AvgIpc) is 2.59. The van der Waals surface area contributed by atoms with Gasteiger partial charge in [-0.25, -0.2) is 0 Å². The second-order valence-corrected chi connectivity index (χ2v) is 8.63. The summed E-state index contributed by atoms with van der Waals surface area (Å²) in [6, 6.07) is 1.68. The third-order valence-corrected chi connectivity index (χ3v) is 6.14. The second kappa shape index (κ2) is 13.6. The van der Waals surface area contributed by atoms with E-state index in [0.29, 0.717) is 18.1 Å². The van der Waals surface area contributed by atoms with E-state index in [9.17, 15) is 4.79 Å². The molecule has 1 heterocycles. The van der Waals surface area contributed by atoms with E-state index >= 15 is 0 Å². The molecule has 0 aliphatic carbocycles. The van der Waals surface area contributed by atoms with Crippen LogP contribution in [0, 0.1) is 0 Å². The molecule has 1 aliphatic heterocycles. The SMILES string of the molecule is CCCCCCCC(CCCCCCC)N1[C@H](C)CN(C(C)=O)C[C@@H]1C. The fourth-order valence-electron chi connectivity index (χ4n) is 4.72. The molecule has 154 valence electrons. The molecule has 1 saturated heterocycles. The van der Waals surface area contributed by atoms with E-state index in [1.54, 1.807) is 6.92 Å². The molecule has 0 aromatic heterocycles. The Kier molecular flexibility index (Phi) is 12.3. The molecule has 26 heavy (non-hydrogen) atoms. The van der Waals surface area contributed by atoms with Crippen LogP contribution in [-0.2, 0) is 4.79 Å². The lowest BCUT2D eigenvalue weighted by Gasteiger charge is -2.48. The van der Waals surface area contributed by atoms with Crippen molar-refractivity contribution in [3.8, 4) is 0 Å². The topological polar surface area (TPSA) is 23.6 Å². The van der Waals surface area contributed by atoms with Crippen molar-refractivity contribution in [2.45, 2.75) is 130 Å². The van der Waals surface area contributed by atoms with Gasteiger partial charge in [0.05, 0.1) is 0 Å². The van der Waals surface area contributed by atoms with Crippen LogP contribution in [0.1, 0.15) is 112 Å². The van der Waals surface area contributed by atoms with Crippen molar-refractivity contribution in [2.75, 3.05) is 13.1 Å².